The summed E-state index contributed by atoms with van der Waals surface area (Å²) in [5, 5.41) is 4.00. The van der Waals surface area contributed by atoms with Crippen LogP contribution >= 0.6 is 11.6 Å². The van der Waals surface area contributed by atoms with Gasteiger partial charge in [-0.2, -0.15) is 0 Å². The number of hydrogen-bond acceptors (Lipinski definition) is 2. The van der Waals surface area contributed by atoms with Crippen molar-refractivity contribution in [1.29, 1.82) is 0 Å². The number of aryl methyl sites for hydroxylation is 1. The second-order valence-corrected chi connectivity index (χ2v) is 5.44. The van der Waals surface area contributed by atoms with Crippen molar-refractivity contribution in [3.05, 3.63) is 58.6 Å². The third kappa shape index (κ3) is 4.76. The molecule has 1 N–H and O–H groups in total. The van der Waals surface area contributed by atoms with Crippen LogP contribution in [0.2, 0.25) is 5.02 Å². The zero-order chi connectivity index (χ0) is 15.1. The summed E-state index contributed by atoms with van der Waals surface area (Å²) in [6.07, 6.45) is 2.26. The highest BCUT2D eigenvalue weighted by Gasteiger charge is 2.04. The van der Waals surface area contributed by atoms with Crippen molar-refractivity contribution in [2.45, 2.75) is 33.2 Å². The molecule has 3 heteroatoms. The molecule has 21 heavy (non-hydrogen) atoms. The molecule has 0 amide bonds. The summed E-state index contributed by atoms with van der Waals surface area (Å²) >= 11 is 6.28. The summed E-state index contributed by atoms with van der Waals surface area (Å²) in [7, 11) is 0. The molecule has 0 aliphatic rings. The first-order valence-electron chi connectivity index (χ1n) is 7.49. The minimum Gasteiger partial charge on any atom is -0.457 e. The Morgan fingerprint density at radius 2 is 1.71 bits per heavy atom. The Hall–Kier alpha value is -1.51. The second kappa shape index (κ2) is 8.06. The SMILES string of the molecule is CCCc1ccc(Oc2ccc(CNCC)c(Cl)c2)cc1. The van der Waals surface area contributed by atoms with Crippen molar-refractivity contribution in [1.82, 2.24) is 5.32 Å². The number of ether oxygens (including phenoxy) is 1. The summed E-state index contributed by atoms with van der Waals surface area (Å²) in [5.41, 5.74) is 2.42. The van der Waals surface area contributed by atoms with E-state index in [1.807, 2.05) is 30.3 Å². The van der Waals surface area contributed by atoms with Crippen molar-refractivity contribution in [3.8, 4) is 11.5 Å². The van der Waals surface area contributed by atoms with Crippen LogP contribution in [0.25, 0.3) is 0 Å². The molecule has 0 radical (unpaired) electrons. The average molecular weight is 304 g/mol. The van der Waals surface area contributed by atoms with Gasteiger partial charge in [0.2, 0.25) is 0 Å². The van der Waals surface area contributed by atoms with E-state index in [9.17, 15) is 0 Å². The first-order chi connectivity index (χ1) is 10.2. The lowest BCUT2D eigenvalue weighted by atomic mass is 10.1. The van der Waals surface area contributed by atoms with Crippen LogP contribution in [0.5, 0.6) is 11.5 Å². The van der Waals surface area contributed by atoms with E-state index in [4.69, 9.17) is 16.3 Å². The Morgan fingerprint density at radius 3 is 2.33 bits per heavy atom. The molecule has 2 aromatic carbocycles. The molecule has 0 fully saturated rings. The number of benzene rings is 2. The van der Waals surface area contributed by atoms with Gasteiger partial charge in [-0.05, 0) is 48.4 Å². The molecular formula is C18H22ClNO. The van der Waals surface area contributed by atoms with E-state index < -0.39 is 0 Å². The van der Waals surface area contributed by atoms with E-state index in [1.54, 1.807) is 0 Å². The minimum absolute atomic E-state index is 0.732. The number of hydrogen-bond donors (Lipinski definition) is 1. The van der Waals surface area contributed by atoms with Gasteiger partial charge in [0, 0.05) is 11.6 Å². The molecule has 0 aromatic heterocycles. The highest BCUT2D eigenvalue weighted by molar-refractivity contribution is 6.31. The fourth-order valence-corrected chi connectivity index (χ4v) is 2.38. The highest BCUT2D eigenvalue weighted by atomic mass is 35.5. The van der Waals surface area contributed by atoms with Gasteiger partial charge in [0.1, 0.15) is 11.5 Å². The third-order valence-corrected chi connectivity index (χ3v) is 3.64. The van der Waals surface area contributed by atoms with Gasteiger partial charge >= 0.3 is 0 Å². The van der Waals surface area contributed by atoms with Crippen molar-refractivity contribution < 1.29 is 4.74 Å². The van der Waals surface area contributed by atoms with Gasteiger partial charge < -0.3 is 10.1 Å². The molecule has 0 bridgehead atoms. The zero-order valence-electron chi connectivity index (χ0n) is 12.7. The fourth-order valence-electron chi connectivity index (χ4n) is 2.14. The average Bonchev–Trinajstić information content (AvgIpc) is 2.49. The van der Waals surface area contributed by atoms with E-state index in [0.29, 0.717) is 0 Å². The summed E-state index contributed by atoms with van der Waals surface area (Å²) in [6.45, 7) is 5.97. The maximum absolute atomic E-state index is 6.28. The molecular weight excluding hydrogens is 282 g/mol. The van der Waals surface area contributed by atoms with Crippen LogP contribution in [-0.4, -0.2) is 6.54 Å². The van der Waals surface area contributed by atoms with Gasteiger partial charge in [-0.1, -0.05) is 50.1 Å². The number of halogens is 1. The molecule has 0 spiro atoms. The summed E-state index contributed by atoms with van der Waals surface area (Å²) in [6, 6.07) is 14.1. The largest absolute Gasteiger partial charge is 0.457 e. The van der Waals surface area contributed by atoms with Gasteiger partial charge in [0.05, 0.1) is 0 Å². The Morgan fingerprint density at radius 1 is 1.00 bits per heavy atom. The third-order valence-electron chi connectivity index (χ3n) is 3.29. The van der Waals surface area contributed by atoms with Crippen molar-refractivity contribution >= 4 is 11.6 Å². The molecule has 0 saturated carbocycles. The van der Waals surface area contributed by atoms with Crippen molar-refractivity contribution in [2.75, 3.05) is 6.54 Å². The van der Waals surface area contributed by atoms with Gasteiger partial charge in [-0.25, -0.2) is 0 Å². The highest BCUT2D eigenvalue weighted by Crippen LogP contribution is 2.27. The fraction of sp³-hybridized carbons (Fsp3) is 0.333. The van der Waals surface area contributed by atoms with Crippen LogP contribution in [0.15, 0.2) is 42.5 Å². The first-order valence-corrected chi connectivity index (χ1v) is 7.86. The van der Waals surface area contributed by atoms with E-state index in [1.165, 1.54) is 5.56 Å². The van der Waals surface area contributed by atoms with E-state index in [-0.39, 0.29) is 0 Å². The molecule has 0 unspecified atom stereocenters. The Balaban J connectivity index is 2.03. The molecule has 2 rings (SSSR count). The number of nitrogens with one attached hydrogen (secondary N) is 1. The molecule has 0 atom stereocenters. The van der Waals surface area contributed by atoms with Crippen LogP contribution in [0.4, 0.5) is 0 Å². The molecule has 0 aliphatic heterocycles. The summed E-state index contributed by atoms with van der Waals surface area (Å²) in [4.78, 5) is 0. The monoisotopic (exact) mass is 303 g/mol. The van der Waals surface area contributed by atoms with E-state index in [0.717, 1.165) is 48.0 Å². The maximum atomic E-state index is 6.28. The second-order valence-electron chi connectivity index (χ2n) is 5.03. The van der Waals surface area contributed by atoms with Crippen molar-refractivity contribution in [3.63, 3.8) is 0 Å². The lowest BCUT2D eigenvalue weighted by Crippen LogP contribution is -2.11. The Bertz CT molecular complexity index is 566. The Kier molecular flexibility index (Phi) is 6.09. The van der Waals surface area contributed by atoms with Gasteiger partial charge in [-0.15, -0.1) is 0 Å². The van der Waals surface area contributed by atoms with E-state index >= 15 is 0 Å². The van der Waals surface area contributed by atoms with Crippen LogP contribution in [0, 0.1) is 0 Å². The normalized spacial score (nSPS) is 10.6. The molecule has 2 aromatic rings. The quantitative estimate of drug-likeness (QED) is 0.759. The Labute approximate surface area is 132 Å². The van der Waals surface area contributed by atoms with Crippen LogP contribution in [0.1, 0.15) is 31.4 Å². The minimum atomic E-state index is 0.732. The van der Waals surface area contributed by atoms with Crippen molar-refractivity contribution in [2.24, 2.45) is 0 Å². The smallest absolute Gasteiger partial charge is 0.128 e. The van der Waals surface area contributed by atoms with Gasteiger partial charge in [0.25, 0.3) is 0 Å². The maximum Gasteiger partial charge on any atom is 0.128 e. The van der Waals surface area contributed by atoms with Crippen LogP contribution in [-0.2, 0) is 13.0 Å². The zero-order valence-corrected chi connectivity index (χ0v) is 13.4. The number of rotatable bonds is 7. The van der Waals surface area contributed by atoms with E-state index in [2.05, 4.69) is 31.3 Å². The van der Waals surface area contributed by atoms with Crippen LogP contribution in [0.3, 0.4) is 0 Å². The van der Waals surface area contributed by atoms with Crippen LogP contribution < -0.4 is 10.1 Å². The summed E-state index contributed by atoms with van der Waals surface area (Å²) in [5.74, 6) is 1.61. The molecule has 0 heterocycles. The standard InChI is InChI=1S/C18H22ClNO/c1-3-5-14-6-9-16(10-7-14)21-17-11-8-15(13-20-4-2)18(19)12-17/h6-12,20H,3-5,13H2,1-2H3. The molecule has 2 nitrogen and oxygen atoms in total. The van der Waals surface area contributed by atoms with Gasteiger partial charge in [0.15, 0.2) is 0 Å². The molecule has 0 aliphatic carbocycles. The van der Waals surface area contributed by atoms with Gasteiger partial charge in [-0.3, -0.25) is 0 Å². The molecule has 112 valence electrons. The predicted molar refractivity (Wildman–Crippen MR) is 89.3 cm³/mol. The first kappa shape index (κ1) is 15.9. The lowest BCUT2D eigenvalue weighted by molar-refractivity contribution is 0.482. The summed E-state index contributed by atoms with van der Waals surface area (Å²) < 4.78 is 5.85. The topological polar surface area (TPSA) is 21.3 Å². The predicted octanol–water partition coefficient (Wildman–Crippen LogP) is 5.19. The lowest BCUT2D eigenvalue weighted by Gasteiger charge is -2.10. The molecule has 0 saturated heterocycles.